The van der Waals surface area contributed by atoms with Crippen molar-refractivity contribution in [1.29, 1.82) is 0 Å². The molecule has 0 spiro atoms. The Morgan fingerprint density at radius 2 is 2.10 bits per heavy atom. The van der Waals surface area contributed by atoms with Crippen LogP contribution in [0.2, 0.25) is 0 Å². The van der Waals surface area contributed by atoms with Crippen LogP contribution in [0.1, 0.15) is 17.9 Å². The van der Waals surface area contributed by atoms with E-state index in [1.807, 2.05) is 24.3 Å². The number of rotatable bonds is 4. The van der Waals surface area contributed by atoms with E-state index >= 15 is 0 Å². The van der Waals surface area contributed by atoms with Crippen LogP contribution in [0.4, 0.5) is 5.69 Å². The highest BCUT2D eigenvalue weighted by Gasteiger charge is 2.28. The Morgan fingerprint density at radius 1 is 1.40 bits per heavy atom. The summed E-state index contributed by atoms with van der Waals surface area (Å²) in [5, 5.41) is 3.28. The number of para-hydroxylation sites is 1. The number of sulfone groups is 1. The van der Waals surface area contributed by atoms with Crippen molar-refractivity contribution in [3.05, 3.63) is 29.8 Å². The van der Waals surface area contributed by atoms with E-state index in [0.29, 0.717) is 0 Å². The van der Waals surface area contributed by atoms with Crippen LogP contribution in [-0.4, -0.2) is 51.4 Å². The predicted octanol–water partition coefficient (Wildman–Crippen LogP) is 1.09. The lowest BCUT2D eigenvalue weighted by Crippen LogP contribution is -2.37. The van der Waals surface area contributed by atoms with Crippen LogP contribution in [0, 0.1) is 0 Å². The van der Waals surface area contributed by atoms with Gasteiger partial charge >= 0.3 is 0 Å². The summed E-state index contributed by atoms with van der Waals surface area (Å²) in [6, 6.07) is 7.77. The van der Waals surface area contributed by atoms with Gasteiger partial charge in [0.05, 0.1) is 11.7 Å². The fraction of sp³-hybridized carbons (Fsp3) is 0.500. The predicted molar refractivity (Wildman–Crippen MR) is 79.6 cm³/mol. The molecular weight excluding hydrogens is 276 g/mol. The largest absolute Gasteiger partial charge is 0.385 e. The summed E-state index contributed by atoms with van der Waals surface area (Å²) in [6.07, 6.45) is 1.92. The first-order valence-electron chi connectivity index (χ1n) is 6.64. The summed E-state index contributed by atoms with van der Waals surface area (Å²) in [7, 11) is -1.39. The van der Waals surface area contributed by atoms with Crippen molar-refractivity contribution in [2.24, 2.45) is 0 Å². The lowest BCUT2D eigenvalue weighted by molar-refractivity contribution is -0.131. The van der Waals surface area contributed by atoms with Crippen LogP contribution in [0.3, 0.4) is 0 Å². The summed E-state index contributed by atoms with van der Waals surface area (Å²) in [6.45, 7) is 0.997. The molecule has 1 aliphatic rings. The molecule has 1 aromatic rings. The Bertz CT molecular complexity index is 598. The fourth-order valence-corrected chi connectivity index (χ4v) is 3.01. The van der Waals surface area contributed by atoms with E-state index in [1.54, 1.807) is 7.05 Å². The topological polar surface area (TPSA) is 66.5 Å². The minimum Gasteiger partial charge on any atom is -0.385 e. The van der Waals surface area contributed by atoms with Gasteiger partial charge in [-0.05, 0) is 18.1 Å². The molecule has 20 heavy (non-hydrogen) atoms. The summed E-state index contributed by atoms with van der Waals surface area (Å²) in [5.41, 5.74) is 1.99. The zero-order valence-electron chi connectivity index (χ0n) is 11.8. The molecule has 0 fully saturated rings. The molecule has 1 N–H and O–H groups in total. The minimum atomic E-state index is -3.05. The first kappa shape index (κ1) is 14.8. The van der Waals surface area contributed by atoms with Gasteiger partial charge in [-0.3, -0.25) is 4.79 Å². The van der Waals surface area contributed by atoms with Crippen LogP contribution in [0.25, 0.3) is 0 Å². The first-order valence-corrected chi connectivity index (χ1v) is 8.70. The second-order valence-corrected chi connectivity index (χ2v) is 7.50. The van der Waals surface area contributed by atoms with E-state index in [0.717, 1.165) is 24.2 Å². The zero-order valence-corrected chi connectivity index (χ0v) is 12.6. The number of hydrogen-bond donors (Lipinski definition) is 1. The lowest BCUT2D eigenvalue weighted by atomic mass is 9.90. The summed E-state index contributed by atoms with van der Waals surface area (Å²) < 4.78 is 22.4. The van der Waals surface area contributed by atoms with Gasteiger partial charge in [-0.15, -0.1) is 0 Å². The third kappa shape index (κ3) is 3.50. The van der Waals surface area contributed by atoms with E-state index in [-0.39, 0.29) is 24.1 Å². The number of hydrogen-bond acceptors (Lipinski definition) is 4. The molecule has 1 unspecified atom stereocenters. The van der Waals surface area contributed by atoms with Crippen molar-refractivity contribution < 1.29 is 13.2 Å². The molecule has 0 aliphatic carbocycles. The Morgan fingerprint density at radius 3 is 2.80 bits per heavy atom. The molecule has 1 heterocycles. The van der Waals surface area contributed by atoms with Gasteiger partial charge < -0.3 is 10.2 Å². The van der Waals surface area contributed by atoms with Gasteiger partial charge in [0.1, 0.15) is 9.84 Å². The van der Waals surface area contributed by atoms with Crippen molar-refractivity contribution in [3.8, 4) is 0 Å². The molecule has 5 nitrogen and oxygen atoms in total. The highest BCUT2D eigenvalue weighted by molar-refractivity contribution is 7.90. The maximum absolute atomic E-state index is 12.5. The number of anilines is 1. The number of likely N-dealkylation sites (N-methyl/N-ethyl adjacent to an activating group) is 1. The van der Waals surface area contributed by atoms with E-state index in [4.69, 9.17) is 0 Å². The van der Waals surface area contributed by atoms with Gasteiger partial charge in [-0.2, -0.15) is 0 Å². The maximum atomic E-state index is 12.5. The van der Waals surface area contributed by atoms with Crippen LogP contribution < -0.4 is 5.32 Å². The Kier molecular flexibility index (Phi) is 4.32. The van der Waals surface area contributed by atoms with Crippen molar-refractivity contribution in [1.82, 2.24) is 4.90 Å². The van der Waals surface area contributed by atoms with Crippen molar-refractivity contribution >= 4 is 21.4 Å². The monoisotopic (exact) mass is 296 g/mol. The van der Waals surface area contributed by atoms with E-state index in [1.165, 1.54) is 11.2 Å². The summed E-state index contributed by atoms with van der Waals surface area (Å²) in [4.78, 5) is 14.0. The van der Waals surface area contributed by atoms with Gasteiger partial charge in [0.15, 0.2) is 0 Å². The highest BCUT2D eigenvalue weighted by Crippen LogP contribution is 2.32. The van der Waals surface area contributed by atoms with Crippen LogP contribution in [0.5, 0.6) is 0 Å². The standard InChI is InChI=1S/C14H20N2O3S/c1-16(9-10-20(2,18)19)14(17)12-7-8-15-13-6-4-3-5-11(12)13/h3-6,12,15H,7-10H2,1-2H3. The maximum Gasteiger partial charge on any atom is 0.230 e. The SMILES string of the molecule is CN(CCS(C)(=O)=O)C(=O)C1CCNc2ccccc21. The normalized spacial score (nSPS) is 18.0. The smallest absolute Gasteiger partial charge is 0.230 e. The molecule has 6 heteroatoms. The second kappa shape index (κ2) is 5.83. The first-order chi connectivity index (χ1) is 9.38. The van der Waals surface area contributed by atoms with Gasteiger partial charge in [0.2, 0.25) is 5.91 Å². The number of carbonyl (C=O) groups excluding carboxylic acids is 1. The van der Waals surface area contributed by atoms with Crippen molar-refractivity contribution in [2.75, 3.05) is 37.5 Å². The van der Waals surface area contributed by atoms with Crippen molar-refractivity contribution in [2.45, 2.75) is 12.3 Å². The summed E-state index contributed by atoms with van der Waals surface area (Å²) >= 11 is 0. The molecule has 1 amide bonds. The minimum absolute atomic E-state index is 0.00184. The number of nitrogens with zero attached hydrogens (tertiary/aromatic N) is 1. The Balaban J connectivity index is 2.10. The molecule has 1 aliphatic heterocycles. The average molecular weight is 296 g/mol. The summed E-state index contributed by atoms with van der Waals surface area (Å²) in [5.74, 6) is -0.193. The van der Waals surface area contributed by atoms with Gasteiger partial charge in [-0.25, -0.2) is 8.42 Å². The lowest BCUT2D eigenvalue weighted by Gasteiger charge is -2.29. The zero-order chi connectivity index (χ0) is 14.8. The third-order valence-corrected chi connectivity index (χ3v) is 4.48. The quantitative estimate of drug-likeness (QED) is 0.903. The van der Waals surface area contributed by atoms with Gasteiger partial charge in [0, 0.05) is 32.1 Å². The fourth-order valence-electron chi connectivity index (χ4n) is 2.40. The molecule has 0 radical (unpaired) electrons. The molecule has 0 saturated heterocycles. The van der Waals surface area contributed by atoms with Crippen LogP contribution in [0.15, 0.2) is 24.3 Å². The van der Waals surface area contributed by atoms with Gasteiger partial charge in [0.25, 0.3) is 0 Å². The average Bonchev–Trinajstić information content (AvgIpc) is 2.42. The number of nitrogens with one attached hydrogen (secondary N) is 1. The Hall–Kier alpha value is -1.56. The molecule has 0 saturated carbocycles. The molecule has 2 rings (SSSR count). The van der Waals surface area contributed by atoms with E-state index in [2.05, 4.69) is 5.32 Å². The molecular formula is C14H20N2O3S. The molecule has 0 bridgehead atoms. The number of amides is 1. The number of carbonyl (C=O) groups is 1. The van der Waals surface area contributed by atoms with Gasteiger partial charge in [-0.1, -0.05) is 18.2 Å². The van der Waals surface area contributed by atoms with Crippen molar-refractivity contribution in [3.63, 3.8) is 0 Å². The molecule has 1 aromatic carbocycles. The number of benzene rings is 1. The molecule has 0 aromatic heterocycles. The van der Waals surface area contributed by atoms with E-state index in [9.17, 15) is 13.2 Å². The van der Waals surface area contributed by atoms with Crippen LogP contribution >= 0.6 is 0 Å². The highest BCUT2D eigenvalue weighted by atomic mass is 32.2. The van der Waals surface area contributed by atoms with E-state index < -0.39 is 9.84 Å². The third-order valence-electron chi connectivity index (χ3n) is 3.56. The number of fused-ring (bicyclic) bond motifs is 1. The molecule has 1 atom stereocenters. The Labute approximate surface area is 119 Å². The van der Waals surface area contributed by atoms with Crippen LogP contribution in [-0.2, 0) is 14.6 Å². The molecule has 110 valence electrons. The second-order valence-electron chi connectivity index (χ2n) is 5.24.